The van der Waals surface area contributed by atoms with E-state index in [0.29, 0.717) is 11.4 Å². The Labute approximate surface area is 165 Å². The Bertz CT molecular complexity index is 1100. The predicted molar refractivity (Wildman–Crippen MR) is 108 cm³/mol. The SMILES string of the molecule is O=C1NC(=S)N(c2ccc(F)cc2)C(=O)/C1=C/c1cccn1-c1ccccc1. The molecule has 3 aromatic rings. The molecule has 1 saturated heterocycles. The zero-order valence-corrected chi connectivity index (χ0v) is 15.3. The first-order valence-electron chi connectivity index (χ1n) is 8.44. The lowest BCUT2D eigenvalue weighted by atomic mass is 10.1. The average Bonchev–Trinajstić information content (AvgIpc) is 3.15. The molecule has 1 aliphatic rings. The van der Waals surface area contributed by atoms with Gasteiger partial charge < -0.3 is 4.57 Å². The Morgan fingerprint density at radius 1 is 0.893 bits per heavy atom. The van der Waals surface area contributed by atoms with Crippen LogP contribution in [0.2, 0.25) is 0 Å². The maximum atomic E-state index is 13.2. The quantitative estimate of drug-likeness (QED) is 0.423. The van der Waals surface area contributed by atoms with Crippen LogP contribution in [0.5, 0.6) is 0 Å². The zero-order valence-electron chi connectivity index (χ0n) is 14.5. The molecule has 1 aliphatic heterocycles. The fraction of sp³-hybridized carbons (Fsp3) is 0. The number of carbonyl (C=O) groups excluding carboxylic acids is 2. The van der Waals surface area contributed by atoms with Gasteiger partial charge in [-0.05, 0) is 66.8 Å². The topological polar surface area (TPSA) is 54.3 Å². The number of amides is 2. The van der Waals surface area contributed by atoms with Crippen LogP contribution in [0.1, 0.15) is 5.69 Å². The molecule has 0 aliphatic carbocycles. The lowest BCUT2D eigenvalue weighted by molar-refractivity contribution is -0.122. The Morgan fingerprint density at radius 2 is 1.61 bits per heavy atom. The van der Waals surface area contributed by atoms with Gasteiger partial charge in [0.2, 0.25) is 0 Å². The molecule has 2 amide bonds. The molecule has 0 atom stereocenters. The van der Waals surface area contributed by atoms with Crippen LogP contribution >= 0.6 is 12.2 Å². The maximum absolute atomic E-state index is 13.2. The number of nitrogens with zero attached hydrogens (tertiary/aromatic N) is 2. The number of para-hydroxylation sites is 1. The monoisotopic (exact) mass is 391 g/mol. The van der Waals surface area contributed by atoms with Gasteiger partial charge in [-0.1, -0.05) is 18.2 Å². The number of hydrogen-bond acceptors (Lipinski definition) is 3. The Hall–Kier alpha value is -3.58. The van der Waals surface area contributed by atoms with E-state index >= 15 is 0 Å². The van der Waals surface area contributed by atoms with E-state index in [1.165, 1.54) is 35.2 Å². The minimum Gasteiger partial charge on any atom is -0.317 e. The van der Waals surface area contributed by atoms with Gasteiger partial charge in [-0.3, -0.25) is 19.8 Å². The van der Waals surface area contributed by atoms with Crippen LogP contribution in [0.3, 0.4) is 0 Å². The largest absolute Gasteiger partial charge is 0.317 e. The molecule has 2 aromatic carbocycles. The van der Waals surface area contributed by atoms with Crippen molar-refractivity contribution in [1.82, 2.24) is 9.88 Å². The highest BCUT2D eigenvalue weighted by molar-refractivity contribution is 7.80. The fourth-order valence-electron chi connectivity index (χ4n) is 2.97. The van der Waals surface area contributed by atoms with Crippen molar-refractivity contribution < 1.29 is 14.0 Å². The van der Waals surface area contributed by atoms with E-state index in [1.54, 1.807) is 6.07 Å². The molecule has 5 nitrogen and oxygen atoms in total. The van der Waals surface area contributed by atoms with Gasteiger partial charge in [0.05, 0.1) is 5.69 Å². The fourth-order valence-corrected chi connectivity index (χ4v) is 3.25. The number of carbonyl (C=O) groups is 2. The van der Waals surface area contributed by atoms with Gasteiger partial charge in [0, 0.05) is 17.6 Å². The van der Waals surface area contributed by atoms with Crippen molar-refractivity contribution in [2.45, 2.75) is 0 Å². The van der Waals surface area contributed by atoms with E-state index in [0.717, 1.165) is 5.69 Å². The summed E-state index contributed by atoms with van der Waals surface area (Å²) in [5, 5.41) is 2.48. The highest BCUT2D eigenvalue weighted by Gasteiger charge is 2.34. The molecular weight excluding hydrogens is 377 g/mol. The summed E-state index contributed by atoms with van der Waals surface area (Å²) in [7, 11) is 0. The van der Waals surface area contributed by atoms with Crippen LogP contribution in [0.25, 0.3) is 11.8 Å². The predicted octanol–water partition coefficient (Wildman–Crippen LogP) is 3.45. The van der Waals surface area contributed by atoms with Crippen molar-refractivity contribution in [3.63, 3.8) is 0 Å². The molecule has 28 heavy (non-hydrogen) atoms. The van der Waals surface area contributed by atoms with Crippen LogP contribution in [-0.2, 0) is 9.59 Å². The summed E-state index contributed by atoms with van der Waals surface area (Å²) in [5.41, 5.74) is 1.88. The number of halogens is 1. The third-order valence-corrected chi connectivity index (χ3v) is 4.58. The zero-order chi connectivity index (χ0) is 19.7. The van der Waals surface area contributed by atoms with Crippen molar-refractivity contribution in [2.75, 3.05) is 4.90 Å². The highest BCUT2D eigenvalue weighted by atomic mass is 32.1. The van der Waals surface area contributed by atoms with E-state index < -0.39 is 17.6 Å². The maximum Gasteiger partial charge on any atom is 0.270 e. The molecule has 0 spiro atoms. The van der Waals surface area contributed by atoms with Crippen LogP contribution in [0.4, 0.5) is 10.1 Å². The first-order chi connectivity index (χ1) is 13.5. The summed E-state index contributed by atoms with van der Waals surface area (Å²) in [6.07, 6.45) is 3.36. The Balaban J connectivity index is 1.74. The molecule has 0 saturated carbocycles. The third kappa shape index (κ3) is 3.23. The van der Waals surface area contributed by atoms with Gasteiger partial charge >= 0.3 is 0 Å². The number of nitrogens with one attached hydrogen (secondary N) is 1. The molecule has 2 heterocycles. The van der Waals surface area contributed by atoms with Crippen molar-refractivity contribution >= 4 is 40.9 Å². The number of rotatable bonds is 3. The van der Waals surface area contributed by atoms with Crippen molar-refractivity contribution in [3.05, 3.63) is 90.0 Å². The van der Waals surface area contributed by atoms with Gasteiger partial charge in [0.1, 0.15) is 11.4 Å². The van der Waals surface area contributed by atoms with Crippen molar-refractivity contribution in [3.8, 4) is 5.69 Å². The highest BCUT2D eigenvalue weighted by Crippen LogP contribution is 2.23. The average molecular weight is 391 g/mol. The summed E-state index contributed by atoms with van der Waals surface area (Å²) in [6, 6.07) is 18.5. The number of anilines is 1. The number of thiocarbonyl (C=S) groups is 1. The van der Waals surface area contributed by atoms with Crippen LogP contribution in [-0.4, -0.2) is 21.5 Å². The molecule has 1 N–H and O–H groups in total. The van der Waals surface area contributed by atoms with Crippen molar-refractivity contribution in [1.29, 1.82) is 0 Å². The molecule has 0 radical (unpaired) electrons. The van der Waals surface area contributed by atoms with E-state index in [1.807, 2.05) is 47.2 Å². The van der Waals surface area contributed by atoms with Gasteiger partial charge in [0.25, 0.3) is 11.8 Å². The summed E-state index contributed by atoms with van der Waals surface area (Å²) in [6.45, 7) is 0. The summed E-state index contributed by atoms with van der Waals surface area (Å²) in [5.74, 6) is -1.57. The summed E-state index contributed by atoms with van der Waals surface area (Å²) < 4.78 is 15.1. The van der Waals surface area contributed by atoms with E-state index in [-0.39, 0.29) is 10.7 Å². The molecule has 4 rings (SSSR count). The lowest BCUT2D eigenvalue weighted by Crippen LogP contribution is -2.54. The van der Waals surface area contributed by atoms with Crippen molar-refractivity contribution in [2.24, 2.45) is 0 Å². The van der Waals surface area contributed by atoms with Gasteiger partial charge in [-0.15, -0.1) is 0 Å². The van der Waals surface area contributed by atoms with Crippen LogP contribution in [0, 0.1) is 5.82 Å². The Morgan fingerprint density at radius 3 is 2.32 bits per heavy atom. The molecular formula is C21H14FN3O2S. The molecule has 0 unspecified atom stereocenters. The molecule has 138 valence electrons. The van der Waals surface area contributed by atoms with Crippen LogP contribution in [0.15, 0.2) is 78.5 Å². The molecule has 0 bridgehead atoms. The molecule has 1 fully saturated rings. The normalized spacial score (nSPS) is 15.8. The minimum absolute atomic E-state index is 0.0443. The first-order valence-corrected chi connectivity index (χ1v) is 8.85. The smallest absolute Gasteiger partial charge is 0.270 e. The first kappa shape index (κ1) is 17.8. The Kier molecular flexibility index (Phi) is 4.58. The van der Waals surface area contributed by atoms with Gasteiger partial charge in [-0.2, -0.15) is 0 Å². The van der Waals surface area contributed by atoms with E-state index in [2.05, 4.69) is 5.32 Å². The van der Waals surface area contributed by atoms with Gasteiger partial charge in [-0.25, -0.2) is 4.39 Å². The van der Waals surface area contributed by atoms with E-state index in [4.69, 9.17) is 12.2 Å². The number of hydrogen-bond donors (Lipinski definition) is 1. The number of aromatic nitrogens is 1. The van der Waals surface area contributed by atoms with Crippen LogP contribution < -0.4 is 10.2 Å². The van der Waals surface area contributed by atoms with E-state index in [9.17, 15) is 14.0 Å². The second kappa shape index (κ2) is 7.21. The molecule has 7 heteroatoms. The standard InChI is InChI=1S/C21H14FN3O2S/c22-14-8-10-16(11-9-14)25-20(27)18(19(26)23-21(25)28)13-17-7-4-12-24(17)15-5-2-1-3-6-15/h1-13H,(H,23,26,28)/b18-13+. The second-order valence-electron chi connectivity index (χ2n) is 6.07. The second-order valence-corrected chi connectivity index (χ2v) is 6.46. The van der Waals surface area contributed by atoms with Gasteiger partial charge in [0.15, 0.2) is 5.11 Å². The summed E-state index contributed by atoms with van der Waals surface area (Å²) in [4.78, 5) is 26.6. The summed E-state index contributed by atoms with van der Waals surface area (Å²) >= 11 is 5.15. The lowest BCUT2D eigenvalue weighted by Gasteiger charge is -2.28. The minimum atomic E-state index is -0.575. The molecule has 1 aromatic heterocycles. The number of benzene rings is 2. The third-order valence-electron chi connectivity index (χ3n) is 4.29.